The molecule has 0 aliphatic carbocycles. The fourth-order valence-corrected chi connectivity index (χ4v) is 2.53. The van der Waals surface area contributed by atoms with E-state index in [0.29, 0.717) is 18.8 Å². The Morgan fingerprint density at radius 3 is 2.84 bits per heavy atom. The molecule has 0 aromatic carbocycles. The van der Waals surface area contributed by atoms with Crippen LogP contribution < -0.4 is 5.73 Å². The molecule has 0 amide bonds. The van der Waals surface area contributed by atoms with E-state index in [4.69, 9.17) is 5.73 Å². The maximum absolute atomic E-state index is 11.4. The van der Waals surface area contributed by atoms with Crippen molar-refractivity contribution in [2.45, 2.75) is 24.8 Å². The zero-order chi connectivity index (χ0) is 13.4. The van der Waals surface area contributed by atoms with E-state index in [-0.39, 0.29) is 11.9 Å². The van der Waals surface area contributed by atoms with Gasteiger partial charge in [-0.15, -0.1) is 5.10 Å². The van der Waals surface area contributed by atoms with Gasteiger partial charge in [-0.25, -0.2) is 4.68 Å². The maximum Gasteiger partial charge on any atom is 0.314 e. The van der Waals surface area contributed by atoms with Crippen molar-refractivity contribution in [2.24, 2.45) is 0 Å². The number of carboxylic acid groups (broad SMARTS) is 1. The Morgan fingerprint density at radius 2 is 2.16 bits per heavy atom. The number of pyridine rings is 1. The summed E-state index contributed by atoms with van der Waals surface area (Å²) in [5.41, 5.74) is 6.62. The van der Waals surface area contributed by atoms with Crippen LogP contribution in [-0.2, 0) is 11.3 Å². The predicted molar refractivity (Wildman–Crippen MR) is 66.4 cm³/mol. The Hall–Kier alpha value is -2.44. The van der Waals surface area contributed by atoms with E-state index < -0.39 is 11.9 Å². The third kappa shape index (κ3) is 2.03. The molecule has 7 nitrogen and oxygen atoms in total. The molecule has 1 aliphatic heterocycles. The topological polar surface area (TPSA) is 107 Å². The molecule has 0 radical (unpaired) electrons. The van der Waals surface area contributed by atoms with Gasteiger partial charge in [0.2, 0.25) is 5.95 Å². The number of nitrogens with two attached hydrogens (primary N) is 1. The van der Waals surface area contributed by atoms with E-state index in [1.807, 2.05) is 12.1 Å². The van der Waals surface area contributed by atoms with E-state index in [2.05, 4.69) is 15.1 Å². The fourth-order valence-electron chi connectivity index (χ4n) is 2.53. The number of anilines is 1. The van der Waals surface area contributed by atoms with Crippen molar-refractivity contribution in [1.82, 2.24) is 19.7 Å². The lowest BCUT2D eigenvalue weighted by Crippen LogP contribution is -2.28. The molecule has 3 rings (SSSR count). The Kier molecular flexibility index (Phi) is 2.66. The van der Waals surface area contributed by atoms with Gasteiger partial charge in [0.05, 0.1) is 6.54 Å². The first-order valence-corrected chi connectivity index (χ1v) is 5.98. The molecule has 98 valence electrons. The van der Waals surface area contributed by atoms with Crippen molar-refractivity contribution in [3.8, 4) is 0 Å². The summed E-state index contributed by atoms with van der Waals surface area (Å²) in [5.74, 6) is -0.922. The standard InChI is InChI=1S/C12H13N5O2/c13-12-15-10-9(11(18)19)5-8(6-17(10)16-12)7-1-3-14-4-2-7/h1-4,8-9H,5-6H2,(H2,13,16)(H,18,19). The minimum atomic E-state index is -0.896. The van der Waals surface area contributed by atoms with Crippen LogP contribution >= 0.6 is 0 Å². The molecule has 0 bridgehead atoms. The van der Waals surface area contributed by atoms with Crippen LogP contribution in [-0.4, -0.2) is 30.8 Å². The number of aliphatic carboxylic acids is 1. The van der Waals surface area contributed by atoms with E-state index in [9.17, 15) is 9.90 Å². The molecule has 2 atom stereocenters. The highest BCUT2D eigenvalue weighted by molar-refractivity contribution is 5.75. The van der Waals surface area contributed by atoms with Gasteiger partial charge in [0.15, 0.2) is 0 Å². The van der Waals surface area contributed by atoms with Crippen LogP contribution in [0.3, 0.4) is 0 Å². The number of nitrogens with zero attached hydrogens (tertiary/aromatic N) is 4. The van der Waals surface area contributed by atoms with Crippen LogP contribution in [0.25, 0.3) is 0 Å². The Morgan fingerprint density at radius 1 is 1.42 bits per heavy atom. The summed E-state index contributed by atoms with van der Waals surface area (Å²) in [6.45, 7) is 0.591. The van der Waals surface area contributed by atoms with Gasteiger partial charge in [-0.05, 0) is 24.1 Å². The number of nitrogen functional groups attached to an aromatic ring is 1. The van der Waals surface area contributed by atoms with Crippen LogP contribution in [0.15, 0.2) is 24.5 Å². The van der Waals surface area contributed by atoms with Crippen molar-refractivity contribution in [2.75, 3.05) is 5.73 Å². The van der Waals surface area contributed by atoms with Gasteiger partial charge in [0, 0.05) is 18.3 Å². The maximum atomic E-state index is 11.4. The van der Waals surface area contributed by atoms with Gasteiger partial charge in [0.25, 0.3) is 0 Å². The first-order chi connectivity index (χ1) is 9.15. The number of carbonyl (C=O) groups is 1. The van der Waals surface area contributed by atoms with Crippen molar-refractivity contribution in [1.29, 1.82) is 0 Å². The van der Waals surface area contributed by atoms with Gasteiger partial charge in [-0.3, -0.25) is 9.78 Å². The monoisotopic (exact) mass is 259 g/mol. The Bertz CT molecular complexity index is 610. The molecular weight excluding hydrogens is 246 g/mol. The van der Waals surface area contributed by atoms with Crippen LogP contribution in [0, 0.1) is 0 Å². The molecule has 2 unspecified atom stereocenters. The molecule has 0 spiro atoms. The highest BCUT2D eigenvalue weighted by atomic mass is 16.4. The number of rotatable bonds is 2. The number of aromatic nitrogens is 4. The summed E-state index contributed by atoms with van der Waals surface area (Å²) >= 11 is 0. The summed E-state index contributed by atoms with van der Waals surface area (Å²) in [6, 6.07) is 3.80. The van der Waals surface area contributed by atoms with Crippen LogP contribution in [0.2, 0.25) is 0 Å². The SMILES string of the molecule is Nc1nc2n(n1)CC(c1ccncc1)CC2C(=O)O. The number of carboxylic acids is 1. The second-order valence-electron chi connectivity index (χ2n) is 4.61. The molecular formula is C12H13N5O2. The summed E-state index contributed by atoms with van der Waals surface area (Å²) in [7, 11) is 0. The third-order valence-electron chi connectivity index (χ3n) is 3.42. The van der Waals surface area contributed by atoms with E-state index in [1.54, 1.807) is 17.1 Å². The average molecular weight is 259 g/mol. The Labute approximate surface area is 109 Å². The van der Waals surface area contributed by atoms with Crippen LogP contribution in [0.5, 0.6) is 0 Å². The largest absolute Gasteiger partial charge is 0.481 e. The average Bonchev–Trinajstić information content (AvgIpc) is 2.78. The van der Waals surface area contributed by atoms with E-state index in [1.165, 1.54) is 0 Å². The molecule has 19 heavy (non-hydrogen) atoms. The van der Waals surface area contributed by atoms with Crippen molar-refractivity contribution < 1.29 is 9.90 Å². The Balaban J connectivity index is 1.99. The molecule has 0 fully saturated rings. The molecule has 1 aliphatic rings. The molecule has 3 N–H and O–H groups in total. The highest BCUT2D eigenvalue weighted by Crippen LogP contribution is 2.35. The summed E-state index contributed by atoms with van der Waals surface area (Å²) < 4.78 is 1.60. The van der Waals surface area contributed by atoms with Crippen LogP contribution in [0.4, 0.5) is 5.95 Å². The zero-order valence-corrected chi connectivity index (χ0v) is 10.1. The first-order valence-electron chi connectivity index (χ1n) is 5.98. The second-order valence-corrected chi connectivity index (χ2v) is 4.61. The van der Waals surface area contributed by atoms with E-state index >= 15 is 0 Å². The quantitative estimate of drug-likeness (QED) is 0.818. The number of hydrogen-bond donors (Lipinski definition) is 2. The lowest BCUT2D eigenvalue weighted by Gasteiger charge is -2.26. The summed E-state index contributed by atoms with van der Waals surface area (Å²) in [5, 5.41) is 13.4. The number of hydrogen-bond acceptors (Lipinski definition) is 5. The molecule has 2 aromatic heterocycles. The molecule has 2 aromatic rings. The first kappa shape index (κ1) is 11.6. The molecule has 3 heterocycles. The predicted octanol–water partition coefficient (Wildman–Crippen LogP) is 0.611. The summed E-state index contributed by atoms with van der Waals surface area (Å²) in [4.78, 5) is 19.4. The minimum Gasteiger partial charge on any atom is -0.481 e. The lowest BCUT2D eigenvalue weighted by molar-refractivity contribution is -0.139. The van der Waals surface area contributed by atoms with Gasteiger partial charge in [0.1, 0.15) is 11.7 Å². The summed E-state index contributed by atoms with van der Waals surface area (Å²) in [6.07, 6.45) is 3.91. The van der Waals surface area contributed by atoms with Gasteiger partial charge in [-0.1, -0.05) is 0 Å². The second kappa shape index (κ2) is 4.34. The van der Waals surface area contributed by atoms with E-state index in [0.717, 1.165) is 5.56 Å². The fraction of sp³-hybridized carbons (Fsp3) is 0.333. The third-order valence-corrected chi connectivity index (χ3v) is 3.42. The van der Waals surface area contributed by atoms with Gasteiger partial charge < -0.3 is 10.8 Å². The van der Waals surface area contributed by atoms with Crippen molar-refractivity contribution in [3.63, 3.8) is 0 Å². The van der Waals surface area contributed by atoms with Gasteiger partial charge >= 0.3 is 5.97 Å². The van der Waals surface area contributed by atoms with Gasteiger partial charge in [-0.2, -0.15) is 4.98 Å². The van der Waals surface area contributed by atoms with Crippen molar-refractivity contribution >= 4 is 11.9 Å². The molecule has 0 saturated heterocycles. The smallest absolute Gasteiger partial charge is 0.314 e. The minimum absolute atomic E-state index is 0.0812. The highest BCUT2D eigenvalue weighted by Gasteiger charge is 2.35. The zero-order valence-electron chi connectivity index (χ0n) is 10.1. The van der Waals surface area contributed by atoms with Crippen LogP contribution in [0.1, 0.15) is 29.6 Å². The lowest BCUT2D eigenvalue weighted by atomic mass is 9.86. The molecule has 7 heteroatoms. The normalized spacial score (nSPS) is 21.9. The molecule has 0 saturated carbocycles. The van der Waals surface area contributed by atoms with Crippen molar-refractivity contribution in [3.05, 3.63) is 35.9 Å². The number of fused-ring (bicyclic) bond motifs is 1.